The molecule has 0 spiro atoms. The van der Waals surface area contributed by atoms with Gasteiger partial charge < -0.3 is 9.47 Å². The highest BCUT2D eigenvalue weighted by Gasteiger charge is 2.49. The molecule has 40 heavy (non-hydrogen) atoms. The Morgan fingerprint density at radius 1 is 0.725 bits per heavy atom. The molecule has 6 heteroatoms. The van der Waals surface area contributed by atoms with E-state index in [9.17, 15) is 18.0 Å². The second-order valence-corrected chi connectivity index (χ2v) is 10.4. The fraction of sp³-hybridized carbons (Fsp3) is 0.324. The smallest absolute Gasteiger partial charge is 0.416 e. The van der Waals surface area contributed by atoms with Crippen molar-refractivity contribution in [3.63, 3.8) is 0 Å². The number of ether oxygens (including phenoxy) is 2. The number of alkyl halides is 3. The van der Waals surface area contributed by atoms with Crippen LogP contribution in [0.15, 0.2) is 91.0 Å². The Kier molecular flexibility index (Phi) is 8.85. The van der Waals surface area contributed by atoms with Gasteiger partial charge in [-0.3, -0.25) is 0 Å². The molecule has 4 aromatic rings. The summed E-state index contributed by atoms with van der Waals surface area (Å²) >= 11 is 0. The van der Waals surface area contributed by atoms with Crippen LogP contribution in [0.5, 0.6) is 5.75 Å². The summed E-state index contributed by atoms with van der Waals surface area (Å²) in [7, 11) is 0. The van der Waals surface area contributed by atoms with Crippen molar-refractivity contribution in [3.8, 4) is 5.75 Å². The number of hydrogen-bond donors (Lipinski definition) is 0. The molecular weight excluding hydrogens is 513 g/mol. The molecule has 5 rings (SSSR count). The van der Waals surface area contributed by atoms with Gasteiger partial charge in [-0.05, 0) is 77.4 Å². The Bertz CT molecular complexity index is 1430. The molecule has 0 bridgehead atoms. The molecule has 0 unspecified atom stereocenters. The second-order valence-electron chi connectivity index (χ2n) is 10.4. The molecule has 1 fully saturated rings. The van der Waals surface area contributed by atoms with Crippen LogP contribution in [0, 0.1) is 0 Å². The van der Waals surface area contributed by atoms with Gasteiger partial charge in [0.2, 0.25) is 0 Å². The van der Waals surface area contributed by atoms with E-state index in [4.69, 9.17) is 9.47 Å². The Morgan fingerprint density at radius 3 is 2.15 bits per heavy atom. The van der Waals surface area contributed by atoms with Crippen LogP contribution in [0.25, 0.3) is 10.8 Å². The third-order valence-corrected chi connectivity index (χ3v) is 7.45. The Hall–Kier alpha value is -3.64. The third kappa shape index (κ3) is 7.30. The highest BCUT2D eigenvalue weighted by molar-refractivity contribution is 5.86. The van der Waals surface area contributed by atoms with Crippen molar-refractivity contribution >= 4 is 16.7 Å². The standard InChI is InChI=1S/C34H33F3O3/c35-34(36,37)28-20-18-26(16-9-4-2-1-3-6-12-24-13-7-5-8-14-24)30(23-28)31-32(40-31)33(38)39-29-21-19-25-15-10-11-17-27(25)22-29/h5,7-8,10-11,13-15,17-23,31-32H,1-4,6,9,12,16H2/t31-,32-/m1/s1. The van der Waals surface area contributed by atoms with Gasteiger partial charge in [0.1, 0.15) is 11.9 Å². The number of rotatable bonds is 12. The normalized spacial score (nSPS) is 16.7. The fourth-order valence-electron chi connectivity index (χ4n) is 5.19. The molecule has 1 saturated heterocycles. The molecule has 0 saturated carbocycles. The zero-order valence-electron chi connectivity index (χ0n) is 22.3. The van der Waals surface area contributed by atoms with Gasteiger partial charge in [-0.15, -0.1) is 0 Å². The highest BCUT2D eigenvalue weighted by atomic mass is 19.4. The lowest BCUT2D eigenvalue weighted by atomic mass is 9.95. The molecule has 3 nitrogen and oxygen atoms in total. The molecule has 0 aliphatic carbocycles. The van der Waals surface area contributed by atoms with Crippen LogP contribution in [0.1, 0.15) is 66.9 Å². The van der Waals surface area contributed by atoms with Gasteiger partial charge >= 0.3 is 12.1 Å². The van der Waals surface area contributed by atoms with E-state index in [2.05, 4.69) is 24.3 Å². The van der Waals surface area contributed by atoms with Crippen LogP contribution >= 0.6 is 0 Å². The third-order valence-electron chi connectivity index (χ3n) is 7.45. The van der Waals surface area contributed by atoms with Crippen LogP contribution in [0.4, 0.5) is 13.2 Å². The lowest BCUT2D eigenvalue weighted by Crippen LogP contribution is -2.16. The minimum Gasteiger partial charge on any atom is -0.425 e. The lowest BCUT2D eigenvalue weighted by molar-refractivity contribution is -0.137. The molecule has 1 aliphatic heterocycles. The number of carbonyl (C=O) groups is 1. The minimum atomic E-state index is -4.47. The van der Waals surface area contributed by atoms with Gasteiger partial charge in [0, 0.05) is 0 Å². The summed E-state index contributed by atoms with van der Waals surface area (Å²) in [6.45, 7) is 0. The van der Waals surface area contributed by atoms with Crippen molar-refractivity contribution in [1.82, 2.24) is 0 Å². The maximum absolute atomic E-state index is 13.5. The van der Waals surface area contributed by atoms with E-state index >= 15 is 0 Å². The van der Waals surface area contributed by atoms with Gasteiger partial charge in [0.05, 0.1) is 5.56 Å². The monoisotopic (exact) mass is 546 g/mol. The number of halogens is 3. The van der Waals surface area contributed by atoms with Crippen LogP contribution in [0.3, 0.4) is 0 Å². The van der Waals surface area contributed by atoms with Crippen LogP contribution in [0.2, 0.25) is 0 Å². The van der Waals surface area contributed by atoms with Gasteiger partial charge in [-0.1, -0.05) is 92.4 Å². The molecule has 0 aromatic heterocycles. The predicted octanol–water partition coefficient (Wildman–Crippen LogP) is 9.03. The summed E-state index contributed by atoms with van der Waals surface area (Å²) in [5.74, 6) is -0.217. The van der Waals surface area contributed by atoms with E-state index in [1.54, 1.807) is 12.1 Å². The van der Waals surface area contributed by atoms with Gasteiger partial charge in [-0.2, -0.15) is 13.2 Å². The number of aryl methyl sites for hydroxylation is 2. The first-order valence-electron chi connectivity index (χ1n) is 14.0. The highest BCUT2D eigenvalue weighted by Crippen LogP contribution is 2.43. The van der Waals surface area contributed by atoms with E-state index in [-0.39, 0.29) is 0 Å². The average molecular weight is 547 g/mol. The molecule has 0 amide bonds. The van der Waals surface area contributed by atoms with Crippen molar-refractivity contribution in [3.05, 3.63) is 113 Å². The summed E-state index contributed by atoms with van der Waals surface area (Å²) in [6, 6.07) is 27.3. The van der Waals surface area contributed by atoms with E-state index in [1.807, 2.05) is 36.4 Å². The van der Waals surface area contributed by atoms with E-state index in [0.717, 1.165) is 73.4 Å². The molecule has 208 valence electrons. The molecule has 0 N–H and O–H groups in total. The number of epoxide rings is 1. The molecule has 1 aliphatic rings. The Morgan fingerprint density at radius 2 is 1.40 bits per heavy atom. The van der Waals surface area contributed by atoms with E-state index in [0.29, 0.717) is 17.7 Å². The van der Waals surface area contributed by atoms with Crippen molar-refractivity contribution in [2.24, 2.45) is 0 Å². The number of esters is 1. The lowest BCUT2D eigenvalue weighted by Gasteiger charge is -2.13. The van der Waals surface area contributed by atoms with Crippen molar-refractivity contribution < 1.29 is 27.4 Å². The number of fused-ring (bicyclic) bond motifs is 1. The van der Waals surface area contributed by atoms with Crippen molar-refractivity contribution in [2.75, 3.05) is 0 Å². The first-order valence-corrected chi connectivity index (χ1v) is 14.0. The zero-order chi connectivity index (χ0) is 28.0. The molecule has 1 heterocycles. The SMILES string of the molecule is O=C(Oc1ccc2ccccc2c1)[C@@H]1O[C@@H]1c1cc(C(F)(F)F)ccc1CCCCCCCCc1ccccc1. The van der Waals surface area contributed by atoms with Gasteiger partial charge in [-0.25, -0.2) is 4.79 Å². The maximum atomic E-state index is 13.5. The summed E-state index contributed by atoms with van der Waals surface area (Å²) in [5, 5.41) is 1.95. The van der Waals surface area contributed by atoms with E-state index in [1.165, 1.54) is 11.6 Å². The first-order chi connectivity index (χ1) is 19.4. The Balaban J connectivity index is 1.14. The number of benzene rings is 4. The first kappa shape index (κ1) is 27.9. The fourth-order valence-corrected chi connectivity index (χ4v) is 5.19. The molecule has 0 radical (unpaired) electrons. The summed E-state index contributed by atoms with van der Waals surface area (Å²) in [4.78, 5) is 12.8. The molecular formula is C34H33F3O3. The summed E-state index contributed by atoms with van der Waals surface area (Å²) in [5.41, 5.74) is 1.85. The Labute approximate surface area is 232 Å². The van der Waals surface area contributed by atoms with Crippen LogP contribution < -0.4 is 4.74 Å². The van der Waals surface area contributed by atoms with Gasteiger partial charge in [0.25, 0.3) is 0 Å². The van der Waals surface area contributed by atoms with Crippen LogP contribution in [-0.2, 0) is 28.5 Å². The van der Waals surface area contributed by atoms with Gasteiger partial charge in [0.15, 0.2) is 6.10 Å². The number of unbranched alkanes of at least 4 members (excludes halogenated alkanes) is 5. The topological polar surface area (TPSA) is 38.8 Å². The molecule has 2 atom stereocenters. The van der Waals surface area contributed by atoms with Crippen LogP contribution in [-0.4, -0.2) is 12.1 Å². The summed E-state index contributed by atoms with van der Waals surface area (Å²) in [6.07, 6.45) is 2.03. The number of carbonyl (C=O) groups excluding carboxylic acids is 1. The predicted molar refractivity (Wildman–Crippen MR) is 150 cm³/mol. The quantitative estimate of drug-likeness (QED) is 0.0770. The zero-order valence-corrected chi connectivity index (χ0v) is 22.3. The van der Waals surface area contributed by atoms with E-state index < -0.39 is 29.9 Å². The van der Waals surface area contributed by atoms with Crippen molar-refractivity contribution in [2.45, 2.75) is 69.8 Å². The summed E-state index contributed by atoms with van der Waals surface area (Å²) < 4.78 is 51.6. The number of hydrogen-bond acceptors (Lipinski definition) is 3. The minimum absolute atomic E-state index is 0.381. The molecule has 4 aromatic carbocycles. The second kappa shape index (κ2) is 12.7. The van der Waals surface area contributed by atoms with Crippen molar-refractivity contribution in [1.29, 1.82) is 0 Å². The maximum Gasteiger partial charge on any atom is 0.416 e. The largest absolute Gasteiger partial charge is 0.425 e. The average Bonchev–Trinajstić information content (AvgIpc) is 3.76.